The van der Waals surface area contributed by atoms with Gasteiger partial charge in [-0.2, -0.15) is 9.97 Å². The molecular formula is C9H15ClN4O3. The van der Waals surface area contributed by atoms with Gasteiger partial charge < -0.3 is 19.5 Å². The number of nitrogens with one attached hydrogen (secondary N) is 1. The van der Waals surface area contributed by atoms with Crippen molar-refractivity contribution in [1.29, 1.82) is 0 Å². The van der Waals surface area contributed by atoms with E-state index in [1.165, 1.54) is 14.2 Å². The minimum atomic E-state index is -0.0986. The Labute approximate surface area is 104 Å². The summed E-state index contributed by atoms with van der Waals surface area (Å²) in [5, 5.41) is 3.00. The van der Waals surface area contributed by atoms with Crippen LogP contribution >= 0.6 is 11.6 Å². The van der Waals surface area contributed by atoms with Gasteiger partial charge in [-0.05, 0) is 0 Å². The second-order valence-corrected chi connectivity index (χ2v) is 3.39. The lowest BCUT2D eigenvalue weighted by molar-refractivity contribution is 0.191. The van der Waals surface area contributed by atoms with E-state index in [2.05, 4.69) is 20.3 Å². The average Bonchev–Trinajstić information content (AvgIpc) is 2.37. The quantitative estimate of drug-likeness (QED) is 0.719. The summed E-state index contributed by atoms with van der Waals surface area (Å²) in [4.78, 5) is 11.9. The van der Waals surface area contributed by atoms with Crippen molar-refractivity contribution in [3.8, 4) is 12.0 Å². The zero-order valence-electron chi connectivity index (χ0n) is 9.94. The fraction of sp³-hybridized carbons (Fsp3) is 0.667. The van der Waals surface area contributed by atoms with E-state index < -0.39 is 0 Å². The van der Waals surface area contributed by atoms with Crippen molar-refractivity contribution >= 4 is 17.5 Å². The number of halogens is 1. The van der Waals surface area contributed by atoms with Crippen LogP contribution in [0.2, 0.25) is 0 Å². The molecule has 1 N–H and O–H groups in total. The maximum absolute atomic E-state index is 5.77. The van der Waals surface area contributed by atoms with Crippen molar-refractivity contribution in [2.45, 2.75) is 6.04 Å². The van der Waals surface area contributed by atoms with Crippen molar-refractivity contribution in [3.63, 3.8) is 0 Å². The van der Waals surface area contributed by atoms with Gasteiger partial charge in [-0.15, -0.1) is 16.6 Å². The third-order valence-corrected chi connectivity index (χ3v) is 2.22. The van der Waals surface area contributed by atoms with Crippen molar-refractivity contribution in [3.05, 3.63) is 0 Å². The molecule has 0 spiro atoms. The number of ether oxygens (including phenoxy) is 3. The summed E-state index contributed by atoms with van der Waals surface area (Å²) in [6, 6.07) is 0.244. The highest BCUT2D eigenvalue weighted by molar-refractivity contribution is 6.18. The van der Waals surface area contributed by atoms with Crippen LogP contribution in [0.5, 0.6) is 12.0 Å². The molecule has 0 radical (unpaired) electrons. The van der Waals surface area contributed by atoms with Crippen LogP contribution in [0.1, 0.15) is 0 Å². The lowest BCUT2D eigenvalue weighted by atomic mass is 10.4. The van der Waals surface area contributed by atoms with Gasteiger partial charge in [0.1, 0.15) is 0 Å². The zero-order valence-corrected chi connectivity index (χ0v) is 10.7. The molecule has 0 fully saturated rings. The Morgan fingerprint density at radius 1 is 1.12 bits per heavy atom. The molecule has 1 aromatic rings. The maximum atomic E-state index is 5.77. The van der Waals surface area contributed by atoms with Crippen LogP contribution in [-0.2, 0) is 4.74 Å². The second-order valence-electron chi connectivity index (χ2n) is 3.08. The number of aromatic nitrogens is 3. The SMILES string of the molecule is COCC(CCl)Nc1nc(OC)nc(OC)n1. The summed E-state index contributed by atoms with van der Waals surface area (Å²) in [7, 11) is 4.52. The van der Waals surface area contributed by atoms with Crippen molar-refractivity contribution in [1.82, 2.24) is 15.0 Å². The number of hydrogen-bond donors (Lipinski definition) is 1. The van der Waals surface area contributed by atoms with Crippen LogP contribution in [0.3, 0.4) is 0 Å². The molecule has 0 bridgehead atoms. The molecule has 0 saturated heterocycles. The van der Waals surface area contributed by atoms with Gasteiger partial charge in [-0.3, -0.25) is 0 Å². The first-order valence-corrected chi connectivity index (χ1v) is 5.42. The summed E-state index contributed by atoms with van der Waals surface area (Å²) in [5.41, 5.74) is 0. The highest BCUT2D eigenvalue weighted by atomic mass is 35.5. The molecule has 0 aliphatic heterocycles. The van der Waals surface area contributed by atoms with Gasteiger partial charge in [0.15, 0.2) is 0 Å². The van der Waals surface area contributed by atoms with Crippen LogP contribution < -0.4 is 14.8 Å². The summed E-state index contributed by atoms with van der Waals surface area (Å²) in [6.07, 6.45) is 0. The van der Waals surface area contributed by atoms with Gasteiger partial charge in [0.05, 0.1) is 26.9 Å². The molecule has 0 aliphatic carbocycles. The normalized spacial score (nSPS) is 12.0. The minimum absolute atomic E-state index is 0.0986. The first-order chi connectivity index (χ1) is 8.23. The molecule has 1 heterocycles. The second kappa shape index (κ2) is 7.08. The Morgan fingerprint density at radius 2 is 1.71 bits per heavy atom. The number of alkyl halides is 1. The summed E-state index contributed by atoms with van der Waals surface area (Å²) in [5.74, 6) is 0.695. The Bertz CT molecular complexity index is 331. The van der Waals surface area contributed by atoms with Gasteiger partial charge in [-0.1, -0.05) is 0 Å². The van der Waals surface area contributed by atoms with E-state index >= 15 is 0 Å². The number of nitrogens with zero attached hydrogens (tertiary/aromatic N) is 3. The van der Waals surface area contributed by atoms with Crippen LogP contribution in [0, 0.1) is 0 Å². The monoisotopic (exact) mass is 262 g/mol. The standard InChI is InChI=1S/C9H15ClN4O3/c1-15-5-6(4-10)11-7-12-8(16-2)14-9(13-7)17-3/h6H,4-5H2,1-3H3,(H,11,12,13,14). The molecule has 17 heavy (non-hydrogen) atoms. The molecule has 0 aromatic carbocycles. The van der Waals surface area contributed by atoms with E-state index in [0.717, 1.165) is 0 Å². The predicted molar refractivity (Wildman–Crippen MR) is 62.9 cm³/mol. The topological polar surface area (TPSA) is 78.4 Å². The zero-order chi connectivity index (χ0) is 12.7. The molecular weight excluding hydrogens is 248 g/mol. The molecule has 1 unspecified atom stereocenters. The molecule has 96 valence electrons. The summed E-state index contributed by atoms with van der Waals surface area (Å²) < 4.78 is 14.9. The van der Waals surface area contributed by atoms with Crippen molar-refractivity contribution < 1.29 is 14.2 Å². The van der Waals surface area contributed by atoms with E-state index in [4.69, 9.17) is 25.8 Å². The predicted octanol–water partition coefficient (Wildman–Crippen LogP) is 0.554. The van der Waals surface area contributed by atoms with Gasteiger partial charge >= 0.3 is 12.0 Å². The van der Waals surface area contributed by atoms with E-state index in [1.807, 2.05) is 0 Å². The molecule has 1 aromatic heterocycles. The minimum Gasteiger partial charge on any atom is -0.467 e. The van der Waals surface area contributed by atoms with Gasteiger partial charge in [0.25, 0.3) is 0 Å². The van der Waals surface area contributed by atoms with Crippen LogP contribution in [0.15, 0.2) is 0 Å². The Morgan fingerprint density at radius 3 is 2.12 bits per heavy atom. The molecule has 0 saturated carbocycles. The van der Waals surface area contributed by atoms with Gasteiger partial charge in [0.2, 0.25) is 5.95 Å². The molecule has 7 nitrogen and oxygen atoms in total. The summed E-state index contributed by atoms with van der Waals surface area (Å²) in [6.45, 7) is 0.444. The fourth-order valence-corrected chi connectivity index (χ4v) is 1.26. The molecule has 0 aliphatic rings. The molecule has 8 heteroatoms. The highest BCUT2D eigenvalue weighted by Crippen LogP contribution is 2.13. The molecule has 1 rings (SSSR count). The number of hydrogen-bond acceptors (Lipinski definition) is 7. The van der Waals surface area contributed by atoms with Crippen molar-refractivity contribution in [2.24, 2.45) is 0 Å². The van der Waals surface area contributed by atoms with Gasteiger partial charge in [0, 0.05) is 13.0 Å². The molecule has 0 amide bonds. The van der Waals surface area contributed by atoms with Crippen LogP contribution in [0.4, 0.5) is 5.95 Å². The number of rotatable bonds is 7. The first-order valence-electron chi connectivity index (χ1n) is 4.89. The Kier molecular flexibility index (Phi) is 5.71. The van der Waals surface area contributed by atoms with Crippen LogP contribution in [-0.4, -0.2) is 54.8 Å². The van der Waals surface area contributed by atoms with E-state index in [-0.39, 0.29) is 18.1 Å². The van der Waals surface area contributed by atoms with E-state index in [0.29, 0.717) is 18.4 Å². The van der Waals surface area contributed by atoms with E-state index in [1.54, 1.807) is 7.11 Å². The molecule has 1 atom stereocenters. The average molecular weight is 263 g/mol. The number of anilines is 1. The third kappa shape index (κ3) is 4.20. The van der Waals surface area contributed by atoms with Crippen LogP contribution in [0.25, 0.3) is 0 Å². The third-order valence-electron chi connectivity index (χ3n) is 1.85. The lowest BCUT2D eigenvalue weighted by Gasteiger charge is -2.15. The Balaban J connectivity index is 2.81. The Hall–Kier alpha value is -1.34. The maximum Gasteiger partial charge on any atom is 0.324 e. The lowest BCUT2D eigenvalue weighted by Crippen LogP contribution is -2.27. The largest absolute Gasteiger partial charge is 0.467 e. The first kappa shape index (κ1) is 13.7. The highest BCUT2D eigenvalue weighted by Gasteiger charge is 2.12. The fourth-order valence-electron chi connectivity index (χ4n) is 1.09. The smallest absolute Gasteiger partial charge is 0.324 e. The van der Waals surface area contributed by atoms with Gasteiger partial charge in [-0.25, -0.2) is 0 Å². The van der Waals surface area contributed by atoms with E-state index in [9.17, 15) is 0 Å². The number of methoxy groups -OCH3 is 3. The van der Waals surface area contributed by atoms with Crippen molar-refractivity contribution in [2.75, 3.05) is 39.1 Å². The summed E-state index contributed by atoms with van der Waals surface area (Å²) >= 11 is 5.77.